The van der Waals surface area contributed by atoms with Gasteiger partial charge in [-0.3, -0.25) is 0 Å². The minimum absolute atomic E-state index is 0.0164. The molecule has 1 saturated heterocycles. The number of rotatable bonds is 4. The highest BCUT2D eigenvalue weighted by Crippen LogP contribution is 2.39. The van der Waals surface area contributed by atoms with E-state index in [1.54, 1.807) is 6.07 Å². The van der Waals surface area contributed by atoms with E-state index in [1.807, 2.05) is 43.3 Å². The molecule has 3 atom stereocenters. The number of hydrogen-bond donors (Lipinski definition) is 1. The van der Waals surface area contributed by atoms with Crippen molar-refractivity contribution < 1.29 is 19.0 Å². The highest BCUT2D eigenvalue weighted by atomic mass is 35.5. The molecule has 3 unspecified atom stereocenters. The Balaban J connectivity index is 1.78. The van der Waals surface area contributed by atoms with Crippen LogP contribution in [0.25, 0.3) is 10.8 Å². The van der Waals surface area contributed by atoms with Gasteiger partial charge in [-0.2, -0.15) is 0 Å². The first-order chi connectivity index (χ1) is 14.0. The molecule has 1 heterocycles. The van der Waals surface area contributed by atoms with E-state index in [2.05, 4.69) is 0 Å². The monoisotopic (exact) mass is 414 g/mol. The lowest BCUT2D eigenvalue weighted by Gasteiger charge is -2.32. The first-order valence-corrected chi connectivity index (χ1v) is 10.2. The standard InChI is InChI=1S/C24H24ClFO3/c1-14-9-17(27)13-23(29-14)20-12-16(24(25)19-6-4-3-5-18(19)20)10-15-7-8-22(28-2)21(26)11-15/h3-8,11-12,14,17,23,27H,9-10,13H2,1-2H3. The zero-order chi connectivity index (χ0) is 20.5. The van der Waals surface area contributed by atoms with Crippen LogP contribution < -0.4 is 4.74 Å². The Labute approximate surface area is 175 Å². The lowest BCUT2D eigenvalue weighted by Crippen LogP contribution is -2.29. The van der Waals surface area contributed by atoms with Crippen LogP contribution in [0, 0.1) is 5.82 Å². The van der Waals surface area contributed by atoms with Crippen LogP contribution in [0.3, 0.4) is 0 Å². The molecule has 152 valence electrons. The van der Waals surface area contributed by atoms with Crippen LogP contribution in [-0.2, 0) is 11.2 Å². The fraction of sp³-hybridized carbons (Fsp3) is 0.333. The smallest absolute Gasteiger partial charge is 0.165 e. The third kappa shape index (κ3) is 4.11. The van der Waals surface area contributed by atoms with E-state index in [0.717, 1.165) is 27.5 Å². The first-order valence-electron chi connectivity index (χ1n) is 9.82. The maximum atomic E-state index is 14.2. The van der Waals surface area contributed by atoms with Gasteiger partial charge in [0.2, 0.25) is 0 Å². The topological polar surface area (TPSA) is 38.7 Å². The van der Waals surface area contributed by atoms with Gasteiger partial charge in [0.05, 0.1) is 30.4 Å². The molecule has 0 bridgehead atoms. The van der Waals surface area contributed by atoms with Gasteiger partial charge in [-0.1, -0.05) is 48.0 Å². The van der Waals surface area contributed by atoms with E-state index in [1.165, 1.54) is 13.2 Å². The molecule has 3 aromatic rings. The van der Waals surface area contributed by atoms with E-state index < -0.39 is 11.9 Å². The molecule has 0 radical (unpaired) electrons. The molecule has 1 fully saturated rings. The molecular weight excluding hydrogens is 391 g/mol. The average Bonchev–Trinajstić information content (AvgIpc) is 2.69. The van der Waals surface area contributed by atoms with Crippen molar-refractivity contribution in [2.75, 3.05) is 7.11 Å². The summed E-state index contributed by atoms with van der Waals surface area (Å²) in [6.07, 6.45) is 1.06. The number of methoxy groups -OCH3 is 1. The van der Waals surface area contributed by atoms with Crippen molar-refractivity contribution >= 4 is 22.4 Å². The lowest BCUT2D eigenvalue weighted by atomic mass is 9.90. The molecule has 0 aliphatic carbocycles. The lowest BCUT2D eigenvalue weighted by molar-refractivity contribution is -0.0889. The minimum atomic E-state index is -0.394. The summed E-state index contributed by atoms with van der Waals surface area (Å²) in [5.41, 5.74) is 2.73. The largest absolute Gasteiger partial charge is 0.494 e. The zero-order valence-electron chi connectivity index (χ0n) is 16.5. The Morgan fingerprint density at radius 1 is 1.14 bits per heavy atom. The van der Waals surface area contributed by atoms with Crippen LogP contribution in [0.5, 0.6) is 5.75 Å². The van der Waals surface area contributed by atoms with Gasteiger partial charge < -0.3 is 14.6 Å². The summed E-state index contributed by atoms with van der Waals surface area (Å²) < 4.78 is 25.3. The quantitative estimate of drug-likeness (QED) is 0.583. The molecular formula is C24H24ClFO3. The number of benzene rings is 3. The minimum Gasteiger partial charge on any atom is -0.494 e. The van der Waals surface area contributed by atoms with Crippen molar-refractivity contribution in [1.82, 2.24) is 0 Å². The van der Waals surface area contributed by atoms with Crippen molar-refractivity contribution in [3.63, 3.8) is 0 Å². The SMILES string of the molecule is COc1ccc(Cc2cc(C3CC(O)CC(C)O3)c3ccccc3c2Cl)cc1F. The Kier molecular flexibility index (Phi) is 5.77. The predicted molar refractivity (Wildman–Crippen MR) is 113 cm³/mol. The van der Waals surface area contributed by atoms with Crippen molar-refractivity contribution in [2.45, 2.75) is 44.5 Å². The van der Waals surface area contributed by atoms with E-state index in [4.69, 9.17) is 21.1 Å². The fourth-order valence-corrected chi connectivity index (χ4v) is 4.47. The summed E-state index contributed by atoms with van der Waals surface area (Å²) in [5.74, 6) is -0.174. The van der Waals surface area contributed by atoms with Crippen molar-refractivity contribution in [1.29, 1.82) is 0 Å². The molecule has 3 aromatic carbocycles. The maximum Gasteiger partial charge on any atom is 0.165 e. The van der Waals surface area contributed by atoms with E-state index in [0.29, 0.717) is 24.3 Å². The summed E-state index contributed by atoms with van der Waals surface area (Å²) in [4.78, 5) is 0. The van der Waals surface area contributed by atoms with Gasteiger partial charge in [0.25, 0.3) is 0 Å². The summed E-state index contributed by atoms with van der Waals surface area (Å²) in [6.45, 7) is 1.98. The molecule has 0 amide bonds. The summed E-state index contributed by atoms with van der Waals surface area (Å²) in [6, 6.07) is 14.9. The number of halogens is 2. The van der Waals surface area contributed by atoms with Gasteiger partial charge >= 0.3 is 0 Å². The number of ether oxygens (including phenoxy) is 2. The Morgan fingerprint density at radius 2 is 1.90 bits per heavy atom. The van der Waals surface area contributed by atoms with Gasteiger partial charge in [0, 0.05) is 11.8 Å². The summed E-state index contributed by atoms with van der Waals surface area (Å²) in [5, 5.41) is 12.9. The van der Waals surface area contributed by atoms with Crippen LogP contribution in [-0.4, -0.2) is 24.4 Å². The zero-order valence-corrected chi connectivity index (χ0v) is 17.2. The third-order valence-electron chi connectivity index (χ3n) is 5.53. The summed E-state index contributed by atoms with van der Waals surface area (Å²) in [7, 11) is 1.45. The number of fused-ring (bicyclic) bond motifs is 1. The van der Waals surface area contributed by atoms with Gasteiger partial charge in [-0.05, 0) is 54.0 Å². The molecule has 29 heavy (non-hydrogen) atoms. The molecule has 0 spiro atoms. The number of aliphatic hydroxyl groups is 1. The van der Waals surface area contributed by atoms with Crippen LogP contribution in [0.1, 0.15) is 42.6 Å². The van der Waals surface area contributed by atoms with Gasteiger partial charge in [-0.15, -0.1) is 0 Å². The van der Waals surface area contributed by atoms with E-state index in [9.17, 15) is 9.50 Å². The normalized spacial score (nSPS) is 22.0. The molecule has 0 aromatic heterocycles. The molecule has 1 N–H and O–H groups in total. The van der Waals surface area contributed by atoms with Crippen LogP contribution in [0.2, 0.25) is 5.02 Å². The summed E-state index contributed by atoms with van der Waals surface area (Å²) >= 11 is 6.75. The van der Waals surface area contributed by atoms with Crippen molar-refractivity contribution in [2.24, 2.45) is 0 Å². The fourth-order valence-electron chi connectivity index (χ4n) is 4.18. The second kappa shape index (κ2) is 8.31. The van der Waals surface area contributed by atoms with E-state index in [-0.39, 0.29) is 18.0 Å². The Morgan fingerprint density at radius 3 is 2.59 bits per heavy atom. The molecule has 1 aliphatic heterocycles. The van der Waals surface area contributed by atoms with Gasteiger partial charge in [-0.25, -0.2) is 4.39 Å². The van der Waals surface area contributed by atoms with Gasteiger partial charge in [0.15, 0.2) is 11.6 Å². The Hall–Kier alpha value is -2.14. The highest BCUT2D eigenvalue weighted by molar-refractivity contribution is 6.36. The third-order valence-corrected chi connectivity index (χ3v) is 5.98. The van der Waals surface area contributed by atoms with Crippen molar-refractivity contribution in [3.05, 3.63) is 76.1 Å². The van der Waals surface area contributed by atoms with Crippen LogP contribution in [0.15, 0.2) is 48.5 Å². The molecule has 1 aliphatic rings. The second-order valence-electron chi connectivity index (χ2n) is 7.69. The predicted octanol–water partition coefficient (Wildman–Crippen LogP) is 5.83. The Bertz CT molecular complexity index is 1030. The first kappa shape index (κ1) is 20.1. The maximum absolute atomic E-state index is 14.2. The number of hydrogen-bond acceptors (Lipinski definition) is 3. The van der Waals surface area contributed by atoms with E-state index >= 15 is 0 Å². The molecule has 4 rings (SSSR count). The van der Waals surface area contributed by atoms with Crippen molar-refractivity contribution in [3.8, 4) is 5.75 Å². The highest BCUT2D eigenvalue weighted by Gasteiger charge is 2.29. The van der Waals surface area contributed by atoms with Gasteiger partial charge in [0.1, 0.15) is 0 Å². The molecule has 3 nitrogen and oxygen atoms in total. The molecule has 5 heteroatoms. The van der Waals surface area contributed by atoms with Crippen LogP contribution >= 0.6 is 11.6 Å². The molecule has 0 saturated carbocycles. The second-order valence-corrected chi connectivity index (χ2v) is 8.07. The van der Waals surface area contributed by atoms with Crippen LogP contribution in [0.4, 0.5) is 4.39 Å². The average molecular weight is 415 g/mol. The number of aliphatic hydroxyl groups excluding tert-OH is 1.